The monoisotopic (exact) mass is 314 g/mol. The molecule has 2 aromatic carbocycles. The van der Waals surface area contributed by atoms with Crippen LogP contribution in [0.15, 0.2) is 66.9 Å². The second-order valence-electron chi connectivity index (χ2n) is 5.66. The molecule has 0 aliphatic heterocycles. The van der Waals surface area contributed by atoms with Crippen LogP contribution in [0.2, 0.25) is 0 Å². The van der Waals surface area contributed by atoms with Gasteiger partial charge < -0.3 is 10.2 Å². The van der Waals surface area contributed by atoms with Gasteiger partial charge in [0.2, 0.25) is 0 Å². The first-order chi connectivity index (χ1) is 11.7. The van der Waals surface area contributed by atoms with Gasteiger partial charge in [-0.2, -0.15) is 5.26 Å². The molecule has 4 heteroatoms. The minimum atomic E-state index is 0.521. The lowest BCUT2D eigenvalue weighted by molar-refractivity contribution is 1.13. The zero-order valence-electron chi connectivity index (χ0n) is 13.7. The largest absolute Gasteiger partial charge is 0.378 e. The van der Waals surface area contributed by atoms with E-state index in [2.05, 4.69) is 16.4 Å². The van der Waals surface area contributed by atoms with Crippen molar-refractivity contribution in [3.05, 3.63) is 72.4 Å². The topological polar surface area (TPSA) is 52.0 Å². The molecule has 0 radical (unpaired) electrons. The highest BCUT2D eigenvalue weighted by molar-refractivity contribution is 5.71. The molecule has 0 saturated carbocycles. The highest BCUT2D eigenvalue weighted by Crippen LogP contribution is 2.25. The van der Waals surface area contributed by atoms with Crippen LogP contribution in [0, 0.1) is 11.3 Å². The molecule has 24 heavy (non-hydrogen) atoms. The third-order valence-electron chi connectivity index (χ3n) is 3.76. The lowest BCUT2D eigenvalue weighted by Crippen LogP contribution is -2.08. The van der Waals surface area contributed by atoms with Crippen molar-refractivity contribution in [1.82, 2.24) is 4.98 Å². The van der Waals surface area contributed by atoms with Gasteiger partial charge in [-0.1, -0.05) is 30.3 Å². The third-order valence-corrected chi connectivity index (χ3v) is 3.76. The minimum absolute atomic E-state index is 0.521. The average Bonchev–Trinajstić information content (AvgIpc) is 2.63. The Morgan fingerprint density at radius 3 is 2.29 bits per heavy atom. The highest BCUT2D eigenvalue weighted by atomic mass is 15.1. The Balaban J connectivity index is 1.87. The maximum atomic E-state index is 9.45. The summed E-state index contributed by atoms with van der Waals surface area (Å²) >= 11 is 0. The first kappa shape index (κ1) is 15.6. The van der Waals surface area contributed by atoms with Crippen LogP contribution in [0.1, 0.15) is 5.56 Å². The van der Waals surface area contributed by atoms with Crippen molar-refractivity contribution in [3.8, 4) is 17.2 Å². The van der Waals surface area contributed by atoms with Crippen LogP contribution in [0.25, 0.3) is 11.1 Å². The number of hydrogen-bond donors (Lipinski definition) is 1. The van der Waals surface area contributed by atoms with Gasteiger partial charge in [0.15, 0.2) is 0 Å². The zero-order chi connectivity index (χ0) is 16.9. The SMILES string of the molecule is CN(C)c1ccc(Nc2ncc(-c3ccccc3)cc2C#N)cc1. The molecule has 0 amide bonds. The van der Waals surface area contributed by atoms with Crippen LogP contribution in [0.3, 0.4) is 0 Å². The maximum Gasteiger partial charge on any atom is 0.148 e. The number of benzene rings is 2. The molecule has 118 valence electrons. The van der Waals surface area contributed by atoms with E-state index in [0.717, 1.165) is 22.5 Å². The number of rotatable bonds is 4. The highest BCUT2D eigenvalue weighted by Gasteiger charge is 2.07. The predicted octanol–water partition coefficient (Wildman–Crippen LogP) is 4.43. The van der Waals surface area contributed by atoms with E-state index in [9.17, 15) is 5.26 Å². The van der Waals surface area contributed by atoms with E-state index in [-0.39, 0.29) is 0 Å². The fraction of sp³-hybridized carbons (Fsp3) is 0.100. The molecule has 1 heterocycles. The van der Waals surface area contributed by atoms with Crippen LogP contribution in [0.5, 0.6) is 0 Å². The smallest absolute Gasteiger partial charge is 0.148 e. The summed E-state index contributed by atoms with van der Waals surface area (Å²) in [6.07, 6.45) is 1.78. The number of pyridine rings is 1. The Bertz CT molecular complexity index is 862. The number of hydrogen-bond acceptors (Lipinski definition) is 4. The average molecular weight is 314 g/mol. The Labute approximate surface area is 142 Å². The van der Waals surface area contributed by atoms with Crippen molar-refractivity contribution >= 4 is 17.2 Å². The molecule has 0 atom stereocenters. The quantitative estimate of drug-likeness (QED) is 0.774. The van der Waals surface area contributed by atoms with Gasteiger partial charge in [0.1, 0.15) is 11.9 Å². The molecule has 0 aliphatic rings. The van der Waals surface area contributed by atoms with Gasteiger partial charge in [-0.15, -0.1) is 0 Å². The van der Waals surface area contributed by atoms with E-state index < -0.39 is 0 Å². The Kier molecular flexibility index (Phi) is 4.44. The second kappa shape index (κ2) is 6.84. The molecule has 0 bridgehead atoms. The number of nitrogens with zero attached hydrogens (tertiary/aromatic N) is 3. The van der Waals surface area contributed by atoms with E-state index in [1.807, 2.05) is 79.7 Å². The Morgan fingerprint density at radius 1 is 0.958 bits per heavy atom. The fourth-order valence-electron chi connectivity index (χ4n) is 2.42. The van der Waals surface area contributed by atoms with Gasteiger partial charge in [0.05, 0.1) is 5.56 Å². The van der Waals surface area contributed by atoms with Crippen LogP contribution in [-0.4, -0.2) is 19.1 Å². The second-order valence-corrected chi connectivity index (χ2v) is 5.66. The minimum Gasteiger partial charge on any atom is -0.378 e. The number of nitrogens with one attached hydrogen (secondary N) is 1. The molecule has 1 N–H and O–H groups in total. The van der Waals surface area contributed by atoms with Crippen molar-refractivity contribution in [2.24, 2.45) is 0 Å². The summed E-state index contributed by atoms with van der Waals surface area (Å²) in [4.78, 5) is 6.47. The summed E-state index contributed by atoms with van der Waals surface area (Å²) in [7, 11) is 4.00. The molecule has 0 saturated heterocycles. The zero-order valence-corrected chi connectivity index (χ0v) is 13.7. The van der Waals surface area contributed by atoms with Crippen molar-refractivity contribution in [3.63, 3.8) is 0 Å². The van der Waals surface area contributed by atoms with E-state index in [4.69, 9.17) is 0 Å². The summed E-state index contributed by atoms with van der Waals surface area (Å²) in [5.41, 5.74) is 4.52. The van der Waals surface area contributed by atoms with Crippen LogP contribution in [0.4, 0.5) is 17.2 Å². The molecule has 3 rings (SSSR count). The fourth-order valence-corrected chi connectivity index (χ4v) is 2.42. The normalized spacial score (nSPS) is 10.0. The first-order valence-corrected chi connectivity index (χ1v) is 7.67. The summed E-state index contributed by atoms with van der Waals surface area (Å²) < 4.78 is 0. The van der Waals surface area contributed by atoms with Crippen molar-refractivity contribution in [1.29, 1.82) is 5.26 Å². The molecular weight excluding hydrogens is 296 g/mol. The molecule has 4 nitrogen and oxygen atoms in total. The predicted molar refractivity (Wildman–Crippen MR) is 98.4 cm³/mol. The van der Waals surface area contributed by atoms with Gasteiger partial charge in [-0.3, -0.25) is 0 Å². The van der Waals surface area contributed by atoms with Crippen molar-refractivity contribution in [2.45, 2.75) is 0 Å². The molecule has 0 aliphatic carbocycles. The van der Waals surface area contributed by atoms with E-state index in [0.29, 0.717) is 11.4 Å². The van der Waals surface area contributed by atoms with Crippen molar-refractivity contribution < 1.29 is 0 Å². The first-order valence-electron chi connectivity index (χ1n) is 7.67. The van der Waals surface area contributed by atoms with E-state index >= 15 is 0 Å². The standard InChI is InChI=1S/C20H18N4/c1-24(2)19-10-8-18(9-11-19)23-20-16(13-21)12-17(14-22-20)15-6-4-3-5-7-15/h3-12,14H,1-2H3,(H,22,23). The van der Waals surface area contributed by atoms with Crippen molar-refractivity contribution in [2.75, 3.05) is 24.3 Å². The van der Waals surface area contributed by atoms with Gasteiger partial charge in [-0.25, -0.2) is 4.98 Å². The number of anilines is 3. The summed E-state index contributed by atoms with van der Waals surface area (Å²) in [6, 6.07) is 22.0. The van der Waals surface area contributed by atoms with Gasteiger partial charge >= 0.3 is 0 Å². The third kappa shape index (κ3) is 3.36. The van der Waals surface area contributed by atoms with E-state index in [1.54, 1.807) is 6.20 Å². The lowest BCUT2D eigenvalue weighted by Gasteiger charge is -2.13. The van der Waals surface area contributed by atoms with Gasteiger partial charge in [0, 0.05) is 37.2 Å². The molecule has 0 spiro atoms. The number of aromatic nitrogens is 1. The Hall–Kier alpha value is -3.32. The van der Waals surface area contributed by atoms with E-state index in [1.165, 1.54) is 0 Å². The summed E-state index contributed by atoms with van der Waals surface area (Å²) in [6.45, 7) is 0. The summed E-state index contributed by atoms with van der Waals surface area (Å²) in [5.74, 6) is 0.565. The maximum absolute atomic E-state index is 9.45. The van der Waals surface area contributed by atoms with Gasteiger partial charge in [-0.05, 0) is 35.9 Å². The summed E-state index contributed by atoms with van der Waals surface area (Å²) in [5, 5.41) is 12.7. The van der Waals surface area contributed by atoms with Crippen LogP contribution < -0.4 is 10.2 Å². The molecule has 0 fully saturated rings. The molecular formula is C20H18N4. The number of nitriles is 1. The molecule has 3 aromatic rings. The van der Waals surface area contributed by atoms with Crippen LogP contribution in [-0.2, 0) is 0 Å². The molecule has 0 unspecified atom stereocenters. The molecule has 1 aromatic heterocycles. The van der Waals surface area contributed by atoms with Crippen LogP contribution >= 0.6 is 0 Å². The lowest BCUT2D eigenvalue weighted by atomic mass is 10.1. The Morgan fingerprint density at radius 2 is 1.67 bits per heavy atom. The van der Waals surface area contributed by atoms with Gasteiger partial charge in [0.25, 0.3) is 0 Å².